The summed E-state index contributed by atoms with van der Waals surface area (Å²) < 4.78 is 5.13. The lowest BCUT2D eigenvalue weighted by Crippen LogP contribution is -2.30. The van der Waals surface area contributed by atoms with Crippen molar-refractivity contribution in [1.82, 2.24) is 9.97 Å². The second-order valence-electron chi connectivity index (χ2n) is 3.78. The molecule has 1 heterocycles. The van der Waals surface area contributed by atoms with Gasteiger partial charge in [-0.1, -0.05) is 13.8 Å². The van der Waals surface area contributed by atoms with Crippen molar-refractivity contribution in [2.45, 2.75) is 19.9 Å². The predicted octanol–water partition coefficient (Wildman–Crippen LogP) is 1.14. The molecule has 0 saturated carbocycles. The number of nitrogen functional groups attached to an aromatic ring is 1. The molecule has 0 radical (unpaired) electrons. The second kappa shape index (κ2) is 5.50. The van der Waals surface area contributed by atoms with Gasteiger partial charge in [0.25, 0.3) is 0 Å². The first-order valence-electron chi connectivity index (χ1n) is 4.96. The summed E-state index contributed by atoms with van der Waals surface area (Å²) in [7, 11) is 1.69. The molecular weight excluding hydrogens is 192 g/mol. The molecule has 0 bridgehead atoms. The minimum atomic E-state index is 0.226. The molecule has 1 atom stereocenters. The van der Waals surface area contributed by atoms with Crippen LogP contribution in [0.3, 0.4) is 0 Å². The van der Waals surface area contributed by atoms with Gasteiger partial charge < -0.3 is 15.8 Å². The fourth-order valence-electron chi connectivity index (χ4n) is 1.22. The van der Waals surface area contributed by atoms with Gasteiger partial charge in [0.1, 0.15) is 18.0 Å². The third-order valence-electron chi connectivity index (χ3n) is 2.17. The highest BCUT2D eigenvalue weighted by Gasteiger charge is 2.13. The smallest absolute Gasteiger partial charge is 0.131 e. The van der Waals surface area contributed by atoms with Crippen LogP contribution in [0.2, 0.25) is 0 Å². The van der Waals surface area contributed by atoms with E-state index in [9.17, 15) is 0 Å². The van der Waals surface area contributed by atoms with E-state index in [2.05, 4.69) is 29.1 Å². The van der Waals surface area contributed by atoms with E-state index in [4.69, 9.17) is 10.5 Å². The maximum Gasteiger partial charge on any atom is 0.131 e. The molecule has 1 aromatic rings. The van der Waals surface area contributed by atoms with Gasteiger partial charge in [0, 0.05) is 13.2 Å². The summed E-state index contributed by atoms with van der Waals surface area (Å²) in [5.74, 6) is 1.66. The van der Waals surface area contributed by atoms with Crippen molar-refractivity contribution in [3.05, 3.63) is 12.4 Å². The zero-order valence-corrected chi connectivity index (χ0v) is 9.40. The van der Waals surface area contributed by atoms with E-state index in [1.54, 1.807) is 13.2 Å². The first-order valence-corrected chi connectivity index (χ1v) is 4.96. The molecule has 5 heteroatoms. The molecule has 0 aliphatic carbocycles. The van der Waals surface area contributed by atoms with Gasteiger partial charge >= 0.3 is 0 Å². The van der Waals surface area contributed by atoms with Crippen LogP contribution in [0.15, 0.2) is 12.4 Å². The van der Waals surface area contributed by atoms with E-state index in [0.717, 1.165) is 5.82 Å². The Balaban J connectivity index is 2.65. The third-order valence-corrected chi connectivity index (χ3v) is 2.17. The maximum atomic E-state index is 5.56. The molecule has 0 spiro atoms. The summed E-state index contributed by atoms with van der Waals surface area (Å²) in [4.78, 5) is 7.92. The summed E-state index contributed by atoms with van der Waals surface area (Å²) in [5.41, 5.74) is 5.56. The number of nitrogens with one attached hydrogen (secondary N) is 1. The van der Waals surface area contributed by atoms with Crippen LogP contribution in [-0.4, -0.2) is 29.7 Å². The number of nitrogens with zero attached hydrogens (tertiary/aromatic N) is 2. The SMILES string of the molecule is COCC(Nc1cc(N)ncn1)C(C)C. The molecule has 15 heavy (non-hydrogen) atoms. The van der Waals surface area contributed by atoms with Crippen molar-refractivity contribution in [2.75, 3.05) is 24.8 Å². The van der Waals surface area contributed by atoms with E-state index < -0.39 is 0 Å². The number of ether oxygens (including phenoxy) is 1. The maximum absolute atomic E-state index is 5.56. The number of nitrogens with two attached hydrogens (primary N) is 1. The molecule has 84 valence electrons. The van der Waals surface area contributed by atoms with Gasteiger partial charge in [0.05, 0.1) is 12.6 Å². The second-order valence-corrected chi connectivity index (χ2v) is 3.78. The van der Waals surface area contributed by atoms with Crippen LogP contribution < -0.4 is 11.1 Å². The summed E-state index contributed by atoms with van der Waals surface area (Å²) in [6.07, 6.45) is 1.45. The lowest BCUT2D eigenvalue weighted by Gasteiger charge is -2.21. The van der Waals surface area contributed by atoms with E-state index in [1.165, 1.54) is 6.33 Å². The van der Waals surface area contributed by atoms with Gasteiger partial charge in [-0.05, 0) is 5.92 Å². The Hall–Kier alpha value is -1.36. The average Bonchev–Trinajstić information content (AvgIpc) is 2.17. The number of rotatable bonds is 5. The molecule has 5 nitrogen and oxygen atoms in total. The minimum absolute atomic E-state index is 0.226. The first kappa shape index (κ1) is 11.7. The fraction of sp³-hybridized carbons (Fsp3) is 0.600. The van der Waals surface area contributed by atoms with Crippen LogP contribution in [0, 0.1) is 5.92 Å². The number of methoxy groups -OCH3 is 1. The highest BCUT2D eigenvalue weighted by molar-refractivity contribution is 5.43. The molecule has 1 rings (SSSR count). The van der Waals surface area contributed by atoms with Gasteiger partial charge in [-0.15, -0.1) is 0 Å². The minimum Gasteiger partial charge on any atom is -0.384 e. The van der Waals surface area contributed by atoms with Gasteiger partial charge in [-0.3, -0.25) is 0 Å². The van der Waals surface area contributed by atoms with Crippen LogP contribution in [0.1, 0.15) is 13.8 Å². The largest absolute Gasteiger partial charge is 0.384 e. The number of aromatic nitrogens is 2. The molecule has 0 aromatic carbocycles. The monoisotopic (exact) mass is 210 g/mol. The Bertz CT molecular complexity index is 303. The summed E-state index contributed by atoms with van der Waals surface area (Å²) in [6.45, 7) is 4.89. The van der Waals surface area contributed by atoms with Crippen molar-refractivity contribution in [2.24, 2.45) is 5.92 Å². The summed E-state index contributed by atoms with van der Waals surface area (Å²) in [6, 6.07) is 1.94. The zero-order chi connectivity index (χ0) is 11.3. The normalized spacial score (nSPS) is 12.8. The molecule has 1 aromatic heterocycles. The Morgan fingerprint density at radius 2 is 2.20 bits per heavy atom. The summed E-state index contributed by atoms with van der Waals surface area (Å²) in [5, 5.41) is 3.26. The number of hydrogen-bond donors (Lipinski definition) is 2. The van der Waals surface area contributed by atoms with Crippen molar-refractivity contribution in [3.8, 4) is 0 Å². The van der Waals surface area contributed by atoms with Gasteiger partial charge in [0.15, 0.2) is 0 Å². The number of anilines is 2. The lowest BCUT2D eigenvalue weighted by molar-refractivity contribution is 0.171. The topological polar surface area (TPSA) is 73.1 Å². The van der Waals surface area contributed by atoms with Crippen molar-refractivity contribution >= 4 is 11.6 Å². The molecular formula is C10H18N4O. The van der Waals surface area contributed by atoms with Crippen molar-refractivity contribution in [3.63, 3.8) is 0 Å². The molecule has 0 amide bonds. The van der Waals surface area contributed by atoms with E-state index >= 15 is 0 Å². The Labute approximate surface area is 90.1 Å². The first-order chi connectivity index (χ1) is 7.13. The molecule has 3 N–H and O–H groups in total. The van der Waals surface area contributed by atoms with Gasteiger partial charge in [-0.2, -0.15) is 0 Å². The lowest BCUT2D eigenvalue weighted by atomic mass is 10.1. The molecule has 1 unspecified atom stereocenters. The van der Waals surface area contributed by atoms with Crippen molar-refractivity contribution in [1.29, 1.82) is 0 Å². The van der Waals surface area contributed by atoms with Gasteiger partial charge in [-0.25, -0.2) is 9.97 Å². The zero-order valence-electron chi connectivity index (χ0n) is 9.40. The van der Waals surface area contributed by atoms with Crippen molar-refractivity contribution < 1.29 is 4.74 Å². The van der Waals surface area contributed by atoms with E-state index in [-0.39, 0.29) is 6.04 Å². The third kappa shape index (κ3) is 3.71. The predicted molar refractivity (Wildman–Crippen MR) is 60.6 cm³/mol. The Kier molecular flexibility index (Phi) is 4.30. The highest BCUT2D eigenvalue weighted by Crippen LogP contribution is 2.11. The van der Waals surface area contributed by atoms with Crippen LogP contribution in [0.25, 0.3) is 0 Å². The number of hydrogen-bond acceptors (Lipinski definition) is 5. The highest BCUT2D eigenvalue weighted by atomic mass is 16.5. The van der Waals surface area contributed by atoms with Crippen LogP contribution >= 0.6 is 0 Å². The standard InChI is InChI=1S/C10H18N4O/c1-7(2)8(5-15-3)14-10-4-9(11)12-6-13-10/h4,6-8H,5H2,1-3H3,(H3,11,12,13,14). The van der Waals surface area contributed by atoms with Crippen LogP contribution in [0.5, 0.6) is 0 Å². The van der Waals surface area contributed by atoms with Crippen LogP contribution in [-0.2, 0) is 4.74 Å². The Morgan fingerprint density at radius 3 is 2.73 bits per heavy atom. The van der Waals surface area contributed by atoms with Gasteiger partial charge in [0.2, 0.25) is 0 Å². The van der Waals surface area contributed by atoms with Crippen LogP contribution in [0.4, 0.5) is 11.6 Å². The molecule has 0 fully saturated rings. The van der Waals surface area contributed by atoms with E-state index in [0.29, 0.717) is 18.3 Å². The average molecular weight is 210 g/mol. The molecule has 0 aliphatic rings. The van der Waals surface area contributed by atoms with E-state index in [1.807, 2.05) is 0 Å². The fourth-order valence-corrected chi connectivity index (χ4v) is 1.22. The molecule has 0 saturated heterocycles. The quantitative estimate of drug-likeness (QED) is 0.762. The Morgan fingerprint density at radius 1 is 1.47 bits per heavy atom. The summed E-state index contributed by atoms with van der Waals surface area (Å²) >= 11 is 0. The molecule has 0 aliphatic heterocycles.